The van der Waals surface area contributed by atoms with Gasteiger partial charge in [0, 0.05) is 71.6 Å². The van der Waals surface area contributed by atoms with Crippen LogP contribution in [-0.2, 0) is 14.3 Å². The highest BCUT2D eigenvalue weighted by molar-refractivity contribution is 6.42. The molecule has 214 valence electrons. The van der Waals surface area contributed by atoms with Crippen LogP contribution in [0.15, 0.2) is 48.6 Å². The number of non-ortho nitro benzene ring substituents is 2. The van der Waals surface area contributed by atoms with Gasteiger partial charge in [-0.15, -0.1) is 0 Å². The van der Waals surface area contributed by atoms with Gasteiger partial charge in [0.05, 0.1) is 43.6 Å². The fourth-order valence-electron chi connectivity index (χ4n) is 6.41. The lowest BCUT2D eigenvalue weighted by atomic mass is 9.96. The molecule has 5 aromatic rings. The molecule has 3 aromatic carbocycles. The molecule has 2 atom stereocenters. The molecule has 0 spiro atoms. The number of imide groups is 3. The molecule has 43 heavy (non-hydrogen) atoms. The van der Waals surface area contributed by atoms with E-state index in [0.29, 0.717) is 38.8 Å². The molecule has 2 aromatic heterocycles. The number of hydrogen-bond donors (Lipinski definition) is 1. The van der Waals surface area contributed by atoms with Gasteiger partial charge in [0.15, 0.2) is 0 Å². The number of nitrogens with one attached hydrogen (secondary N) is 1. The Labute approximate surface area is 239 Å². The maximum absolute atomic E-state index is 13.9. The summed E-state index contributed by atoms with van der Waals surface area (Å²) in [6, 6.07) is 7.79. The first-order valence-electron chi connectivity index (χ1n) is 13.1. The van der Waals surface area contributed by atoms with Crippen molar-refractivity contribution in [3.05, 3.63) is 79.9 Å². The predicted octanol–water partition coefficient (Wildman–Crippen LogP) is 4.82. The number of rotatable bonds is 4. The number of allylic oxidation sites excluding steroid dienone is 1. The number of carbonyl (C=O) groups excluding carboxylic acids is 4. The van der Waals surface area contributed by atoms with Crippen molar-refractivity contribution in [1.29, 1.82) is 0 Å². The predicted molar refractivity (Wildman–Crippen MR) is 152 cm³/mol. The summed E-state index contributed by atoms with van der Waals surface area (Å²) in [5.74, 6) is -3.09. The summed E-state index contributed by atoms with van der Waals surface area (Å²) in [6.07, 6.45) is 3.29. The van der Waals surface area contributed by atoms with E-state index in [0.717, 1.165) is 6.92 Å². The fraction of sp³-hybridized carbons (Fsp3) is 0.172. The minimum Gasteiger partial charge on any atom is -0.458 e. The molecule has 3 amide bonds. The SMILES string of the molecule is CC(=O)O[C@H]1C=CC(n2c3ccc([N+](=O)[O-])cc3c3c4c(c5c6cc([N+](=O)[O-])ccc6[nH]c5c32)C(=O)N(C(C)=O)C4=O)C1. The Morgan fingerprint density at radius 2 is 1.53 bits per heavy atom. The van der Waals surface area contributed by atoms with Crippen LogP contribution in [-0.4, -0.2) is 54.1 Å². The molecule has 14 heteroatoms. The van der Waals surface area contributed by atoms with E-state index in [9.17, 15) is 39.4 Å². The molecule has 1 N–H and O–H groups in total. The number of aromatic nitrogens is 2. The van der Waals surface area contributed by atoms with Crippen LogP contribution >= 0.6 is 0 Å². The zero-order valence-electron chi connectivity index (χ0n) is 22.4. The van der Waals surface area contributed by atoms with E-state index in [1.54, 1.807) is 6.08 Å². The zero-order valence-corrected chi connectivity index (χ0v) is 22.4. The van der Waals surface area contributed by atoms with Crippen molar-refractivity contribution in [1.82, 2.24) is 14.5 Å². The van der Waals surface area contributed by atoms with Crippen molar-refractivity contribution in [2.75, 3.05) is 0 Å². The molecule has 0 bridgehead atoms. The van der Waals surface area contributed by atoms with E-state index >= 15 is 0 Å². The van der Waals surface area contributed by atoms with Crippen LogP contribution in [0.1, 0.15) is 47.0 Å². The third-order valence-corrected chi connectivity index (χ3v) is 8.00. The summed E-state index contributed by atoms with van der Waals surface area (Å²) in [5, 5.41) is 24.5. The normalized spacial score (nSPS) is 18.0. The highest BCUT2D eigenvalue weighted by Gasteiger charge is 2.44. The Morgan fingerprint density at radius 3 is 2.16 bits per heavy atom. The molecule has 1 aliphatic heterocycles. The number of nitrogens with zero attached hydrogens (tertiary/aromatic N) is 4. The summed E-state index contributed by atoms with van der Waals surface area (Å²) in [5.41, 5.74) is 0.900. The van der Waals surface area contributed by atoms with Crippen molar-refractivity contribution >= 4 is 78.7 Å². The quantitative estimate of drug-likeness (QED) is 0.102. The van der Waals surface area contributed by atoms with Crippen molar-refractivity contribution < 1.29 is 33.8 Å². The zero-order chi connectivity index (χ0) is 30.5. The second-order valence-corrected chi connectivity index (χ2v) is 10.5. The molecule has 14 nitrogen and oxygen atoms in total. The Hall–Kier alpha value is -5.92. The van der Waals surface area contributed by atoms with Gasteiger partial charge in [-0.25, -0.2) is 4.90 Å². The third kappa shape index (κ3) is 3.52. The summed E-state index contributed by atoms with van der Waals surface area (Å²) in [6.45, 7) is 2.36. The molecule has 0 saturated carbocycles. The largest absolute Gasteiger partial charge is 0.458 e. The lowest BCUT2D eigenvalue weighted by molar-refractivity contribution is -0.384. The Morgan fingerprint density at radius 1 is 0.907 bits per heavy atom. The van der Waals surface area contributed by atoms with Crippen LogP contribution in [0.25, 0.3) is 43.6 Å². The van der Waals surface area contributed by atoms with Crippen LogP contribution < -0.4 is 0 Å². The lowest BCUT2D eigenvalue weighted by Gasteiger charge is -2.17. The maximum Gasteiger partial charge on any atom is 0.303 e. The topological polar surface area (TPSA) is 188 Å². The smallest absolute Gasteiger partial charge is 0.303 e. The van der Waals surface area contributed by atoms with Gasteiger partial charge in [0.1, 0.15) is 6.10 Å². The number of hydrogen-bond acceptors (Lipinski definition) is 9. The molecule has 0 fully saturated rings. The van der Waals surface area contributed by atoms with Crippen molar-refractivity contribution in [2.45, 2.75) is 32.4 Å². The average Bonchev–Trinajstić information content (AvgIpc) is 3.68. The van der Waals surface area contributed by atoms with Crippen LogP contribution in [0, 0.1) is 20.2 Å². The number of nitro benzene ring substituents is 2. The first-order valence-corrected chi connectivity index (χ1v) is 13.1. The van der Waals surface area contributed by atoms with Gasteiger partial charge >= 0.3 is 5.97 Å². The number of ether oxygens (including phenoxy) is 1. The van der Waals surface area contributed by atoms with E-state index in [2.05, 4.69) is 4.98 Å². The molecule has 2 aliphatic rings. The number of H-pyrrole nitrogens is 1. The number of benzene rings is 3. The summed E-state index contributed by atoms with van der Waals surface area (Å²) in [4.78, 5) is 77.9. The molecular weight excluding hydrogens is 562 g/mol. The molecule has 1 unspecified atom stereocenters. The van der Waals surface area contributed by atoms with Gasteiger partial charge in [-0.1, -0.05) is 6.08 Å². The lowest BCUT2D eigenvalue weighted by Crippen LogP contribution is -2.34. The molecular formula is C29H19N5O9. The minimum atomic E-state index is -0.899. The highest BCUT2D eigenvalue weighted by Crippen LogP contribution is 2.48. The first-order chi connectivity index (χ1) is 20.5. The van der Waals surface area contributed by atoms with E-state index in [-0.39, 0.29) is 38.7 Å². The maximum atomic E-state index is 13.9. The van der Waals surface area contributed by atoms with Gasteiger partial charge in [0.25, 0.3) is 23.2 Å². The number of nitro groups is 2. The van der Waals surface area contributed by atoms with Crippen LogP contribution in [0.3, 0.4) is 0 Å². The number of esters is 1. The molecule has 0 radical (unpaired) electrons. The van der Waals surface area contributed by atoms with Gasteiger partial charge in [0.2, 0.25) is 5.91 Å². The average molecular weight is 581 g/mol. The van der Waals surface area contributed by atoms with Gasteiger partial charge in [-0.2, -0.15) is 0 Å². The fourth-order valence-corrected chi connectivity index (χ4v) is 6.41. The second kappa shape index (κ2) is 8.79. The van der Waals surface area contributed by atoms with E-state index < -0.39 is 45.7 Å². The van der Waals surface area contributed by atoms with Crippen LogP contribution in [0.2, 0.25) is 0 Å². The summed E-state index contributed by atoms with van der Waals surface area (Å²) in [7, 11) is 0. The van der Waals surface area contributed by atoms with Gasteiger partial charge < -0.3 is 14.3 Å². The molecule has 3 heterocycles. The van der Waals surface area contributed by atoms with Crippen molar-refractivity contribution in [3.63, 3.8) is 0 Å². The minimum absolute atomic E-state index is 0.125. The van der Waals surface area contributed by atoms with Crippen LogP contribution in [0.4, 0.5) is 11.4 Å². The Kier molecular flexibility index (Phi) is 5.32. The summed E-state index contributed by atoms with van der Waals surface area (Å²) >= 11 is 0. The second-order valence-electron chi connectivity index (χ2n) is 10.5. The van der Waals surface area contributed by atoms with Crippen molar-refractivity contribution in [2.24, 2.45) is 0 Å². The van der Waals surface area contributed by atoms with E-state index in [4.69, 9.17) is 4.74 Å². The number of carbonyl (C=O) groups is 4. The standard InChI is InChI=1S/C29H19N5O9/c1-12(35)31-28(37)24-22-18-10-15(33(39)40)4-7-20(18)30-26(22)27-23(25(24)29(31)38)19-11-16(34(41)42)5-8-21(19)32(27)14-3-6-17(9-14)43-13(2)36/h3-8,10-11,14,17,30H,9H2,1-2H3/t14?,17-/m0/s1. The molecule has 1 aliphatic carbocycles. The first kappa shape index (κ1) is 26.0. The third-order valence-electron chi connectivity index (χ3n) is 8.00. The molecule has 0 saturated heterocycles. The van der Waals surface area contributed by atoms with Gasteiger partial charge in [-0.05, 0) is 18.2 Å². The highest BCUT2D eigenvalue weighted by atomic mass is 16.6. The monoisotopic (exact) mass is 581 g/mol. The Balaban J connectivity index is 1.70. The van der Waals surface area contributed by atoms with Crippen molar-refractivity contribution in [3.8, 4) is 0 Å². The Bertz CT molecular complexity index is 2220. The number of aromatic amines is 1. The molecule has 7 rings (SSSR count). The van der Waals surface area contributed by atoms with Crippen LogP contribution in [0.5, 0.6) is 0 Å². The number of fused-ring (bicyclic) bond motifs is 10. The number of amides is 3. The van der Waals surface area contributed by atoms with E-state index in [1.807, 2.05) is 10.6 Å². The summed E-state index contributed by atoms with van der Waals surface area (Å²) < 4.78 is 7.23. The van der Waals surface area contributed by atoms with Gasteiger partial charge in [-0.3, -0.25) is 39.4 Å². The van der Waals surface area contributed by atoms with E-state index in [1.165, 1.54) is 43.3 Å².